The predicted molar refractivity (Wildman–Crippen MR) is 118 cm³/mol. The van der Waals surface area contributed by atoms with E-state index in [1.54, 1.807) is 11.3 Å². The van der Waals surface area contributed by atoms with Crippen LogP contribution in [0.2, 0.25) is 0 Å². The SMILES string of the molecule is Cc1cccc(C(=O)N(CCN(C)C)c2nc3c(C)cc(C)cc3s2)c1.Cl. The zero-order valence-electron chi connectivity index (χ0n) is 16.4. The normalized spacial score (nSPS) is 10.9. The Morgan fingerprint density at radius 3 is 2.44 bits per heavy atom. The van der Waals surface area contributed by atoms with Crippen LogP contribution in [0.15, 0.2) is 36.4 Å². The third-order valence-electron chi connectivity index (χ3n) is 4.33. The standard InChI is InChI=1S/C21H25N3OS.ClH/c1-14-7-6-8-17(12-14)20(25)24(10-9-23(4)5)21-22-19-16(3)11-15(2)13-18(19)26-21;/h6-8,11-13H,9-10H2,1-5H3;1H. The lowest BCUT2D eigenvalue weighted by atomic mass is 10.1. The molecule has 144 valence electrons. The van der Waals surface area contributed by atoms with Crippen molar-refractivity contribution in [2.24, 2.45) is 0 Å². The number of amides is 1. The Morgan fingerprint density at radius 2 is 1.78 bits per heavy atom. The number of aromatic nitrogens is 1. The van der Waals surface area contributed by atoms with Crippen LogP contribution >= 0.6 is 23.7 Å². The van der Waals surface area contributed by atoms with Crippen molar-refractivity contribution in [1.29, 1.82) is 0 Å². The molecule has 6 heteroatoms. The largest absolute Gasteiger partial charge is 0.308 e. The maximum atomic E-state index is 13.2. The monoisotopic (exact) mass is 403 g/mol. The van der Waals surface area contributed by atoms with E-state index in [1.807, 2.05) is 50.2 Å². The molecule has 0 aliphatic rings. The molecule has 0 aliphatic heterocycles. The van der Waals surface area contributed by atoms with Gasteiger partial charge in [-0.1, -0.05) is 35.1 Å². The number of benzene rings is 2. The number of rotatable bonds is 5. The molecule has 0 saturated heterocycles. The van der Waals surface area contributed by atoms with Gasteiger partial charge in [0.1, 0.15) is 0 Å². The molecule has 3 rings (SSSR count). The van der Waals surface area contributed by atoms with Crippen molar-refractivity contribution in [2.75, 3.05) is 32.1 Å². The quantitative estimate of drug-likeness (QED) is 0.610. The second kappa shape index (κ2) is 8.83. The van der Waals surface area contributed by atoms with Gasteiger partial charge < -0.3 is 4.90 Å². The number of thiazole rings is 1. The van der Waals surface area contributed by atoms with Crippen molar-refractivity contribution in [3.63, 3.8) is 0 Å². The van der Waals surface area contributed by atoms with Gasteiger partial charge in [-0.25, -0.2) is 4.98 Å². The fourth-order valence-electron chi connectivity index (χ4n) is 2.99. The zero-order chi connectivity index (χ0) is 18.8. The molecule has 0 aliphatic carbocycles. The summed E-state index contributed by atoms with van der Waals surface area (Å²) in [6, 6.07) is 12.0. The number of carbonyl (C=O) groups is 1. The average molecular weight is 404 g/mol. The van der Waals surface area contributed by atoms with E-state index in [1.165, 1.54) is 5.56 Å². The van der Waals surface area contributed by atoms with Gasteiger partial charge in [0.15, 0.2) is 5.13 Å². The summed E-state index contributed by atoms with van der Waals surface area (Å²) < 4.78 is 1.13. The van der Waals surface area contributed by atoms with Crippen LogP contribution in [0.25, 0.3) is 10.2 Å². The molecule has 0 saturated carbocycles. The Hall–Kier alpha value is -1.95. The van der Waals surface area contributed by atoms with Crippen LogP contribution in [0.1, 0.15) is 27.0 Å². The van der Waals surface area contributed by atoms with Gasteiger partial charge in [0.05, 0.1) is 10.2 Å². The number of fused-ring (bicyclic) bond motifs is 1. The van der Waals surface area contributed by atoms with Crippen LogP contribution in [0.4, 0.5) is 5.13 Å². The van der Waals surface area contributed by atoms with Gasteiger partial charge in [-0.15, -0.1) is 12.4 Å². The van der Waals surface area contributed by atoms with Gasteiger partial charge in [-0.3, -0.25) is 9.69 Å². The van der Waals surface area contributed by atoms with Crippen molar-refractivity contribution in [3.05, 3.63) is 58.7 Å². The fourth-order valence-corrected chi connectivity index (χ4v) is 4.16. The first-order chi connectivity index (χ1) is 12.3. The van der Waals surface area contributed by atoms with Crippen LogP contribution in [-0.2, 0) is 0 Å². The molecule has 1 aromatic heterocycles. The molecule has 0 radical (unpaired) electrons. The van der Waals surface area contributed by atoms with E-state index in [9.17, 15) is 4.79 Å². The molecule has 0 unspecified atom stereocenters. The Labute approximate surface area is 171 Å². The van der Waals surface area contributed by atoms with Gasteiger partial charge in [0.2, 0.25) is 0 Å². The lowest BCUT2D eigenvalue weighted by Crippen LogP contribution is -2.36. The molecule has 3 aromatic rings. The number of likely N-dealkylation sites (N-methyl/N-ethyl adjacent to an activating group) is 1. The summed E-state index contributed by atoms with van der Waals surface area (Å²) >= 11 is 1.59. The summed E-state index contributed by atoms with van der Waals surface area (Å²) in [5.41, 5.74) is 5.14. The second-order valence-electron chi connectivity index (χ2n) is 7.05. The number of carbonyl (C=O) groups excluding carboxylic acids is 1. The third-order valence-corrected chi connectivity index (χ3v) is 5.36. The third kappa shape index (κ3) is 4.86. The van der Waals surface area contributed by atoms with Crippen LogP contribution in [-0.4, -0.2) is 43.0 Å². The lowest BCUT2D eigenvalue weighted by molar-refractivity contribution is 0.0985. The summed E-state index contributed by atoms with van der Waals surface area (Å²) in [6.07, 6.45) is 0. The molecule has 0 N–H and O–H groups in total. The van der Waals surface area contributed by atoms with Gasteiger partial charge >= 0.3 is 0 Å². The molecular weight excluding hydrogens is 378 g/mol. The highest BCUT2D eigenvalue weighted by Crippen LogP contribution is 2.32. The summed E-state index contributed by atoms with van der Waals surface area (Å²) in [7, 11) is 4.03. The van der Waals surface area contributed by atoms with Crippen LogP contribution in [0.5, 0.6) is 0 Å². The topological polar surface area (TPSA) is 36.4 Å². The van der Waals surface area contributed by atoms with Gasteiger partial charge in [0, 0.05) is 18.7 Å². The van der Waals surface area contributed by atoms with Gasteiger partial charge in [-0.05, 0) is 64.2 Å². The number of hydrogen-bond acceptors (Lipinski definition) is 4. The minimum atomic E-state index is 0. The van der Waals surface area contributed by atoms with E-state index in [0.29, 0.717) is 12.1 Å². The van der Waals surface area contributed by atoms with E-state index in [2.05, 4.69) is 30.9 Å². The number of anilines is 1. The summed E-state index contributed by atoms with van der Waals surface area (Å²) in [6.45, 7) is 7.56. The molecule has 0 atom stereocenters. The van der Waals surface area contributed by atoms with E-state index < -0.39 is 0 Å². The summed E-state index contributed by atoms with van der Waals surface area (Å²) in [5, 5.41) is 0.766. The Morgan fingerprint density at radius 1 is 1.04 bits per heavy atom. The number of halogens is 1. The maximum absolute atomic E-state index is 13.2. The fraction of sp³-hybridized carbons (Fsp3) is 0.333. The number of aryl methyl sites for hydroxylation is 3. The summed E-state index contributed by atoms with van der Waals surface area (Å²) in [5.74, 6) is 0.00369. The molecule has 0 spiro atoms. The first-order valence-electron chi connectivity index (χ1n) is 8.76. The molecule has 27 heavy (non-hydrogen) atoms. The molecular formula is C21H26ClN3OS. The molecule has 0 fully saturated rings. The molecule has 4 nitrogen and oxygen atoms in total. The van der Waals surface area contributed by atoms with Gasteiger partial charge in [-0.2, -0.15) is 0 Å². The minimum Gasteiger partial charge on any atom is -0.308 e. The average Bonchev–Trinajstić information content (AvgIpc) is 2.98. The number of nitrogens with zero attached hydrogens (tertiary/aromatic N) is 3. The van der Waals surface area contributed by atoms with E-state index in [0.717, 1.165) is 33.0 Å². The smallest absolute Gasteiger partial charge is 0.260 e. The van der Waals surface area contributed by atoms with Crippen molar-refractivity contribution < 1.29 is 4.79 Å². The minimum absolute atomic E-state index is 0. The maximum Gasteiger partial charge on any atom is 0.260 e. The zero-order valence-corrected chi connectivity index (χ0v) is 18.1. The van der Waals surface area contributed by atoms with Crippen LogP contribution < -0.4 is 4.90 Å². The number of hydrogen-bond donors (Lipinski definition) is 0. The van der Waals surface area contributed by atoms with E-state index in [-0.39, 0.29) is 18.3 Å². The molecule has 2 aromatic carbocycles. The van der Waals surface area contributed by atoms with E-state index in [4.69, 9.17) is 4.98 Å². The Balaban J connectivity index is 0.00000261. The molecule has 1 amide bonds. The van der Waals surface area contributed by atoms with Crippen LogP contribution in [0, 0.1) is 20.8 Å². The highest BCUT2D eigenvalue weighted by molar-refractivity contribution is 7.22. The molecule has 1 heterocycles. The Bertz CT molecular complexity index is 952. The molecule has 0 bridgehead atoms. The first-order valence-corrected chi connectivity index (χ1v) is 9.58. The van der Waals surface area contributed by atoms with E-state index >= 15 is 0 Å². The van der Waals surface area contributed by atoms with Crippen molar-refractivity contribution in [3.8, 4) is 0 Å². The van der Waals surface area contributed by atoms with Gasteiger partial charge in [0.25, 0.3) is 5.91 Å². The van der Waals surface area contributed by atoms with Crippen molar-refractivity contribution in [2.45, 2.75) is 20.8 Å². The highest BCUT2D eigenvalue weighted by Gasteiger charge is 2.22. The summed E-state index contributed by atoms with van der Waals surface area (Å²) in [4.78, 5) is 21.9. The first kappa shape index (κ1) is 21.4. The Kier molecular flexibility index (Phi) is 6.98. The second-order valence-corrected chi connectivity index (χ2v) is 8.06. The van der Waals surface area contributed by atoms with Crippen LogP contribution in [0.3, 0.4) is 0 Å². The van der Waals surface area contributed by atoms with Crippen molar-refractivity contribution in [1.82, 2.24) is 9.88 Å². The predicted octanol–water partition coefficient (Wildman–Crippen LogP) is 4.85. The lowest BCUT2D eigenvalue weighted by Gasteiger charge is -2.22. The highest BCUT2D eigenvalue weighted by atomic mass is 35.5. The van der Waals surface area contributed by atoms with Crippen molar-refractivity contribution >= 4 is 45.0 Å².